The normalized spacial score (nSPS) is 22.9. The molecule has 1 fully saturated rings. The maximum Gasteiger partial charge on any atom is 0.115 e. The van der Waals surface area contributed by atoms with Crippen molar-refractivity contribution >= 4 is 0 Å². The van der Waals surface area contributed by atoms with E-state index in [1.165, 1.54) is 31.4 Å². The summed E-state index contributed by atoms with van der Waals surface area (Å²) in [6.45, 7) is 4.42. The molecule has 0 radical (unpaired) electrons. The molecule has 2 N–H and O–H groups in total. The standard InChI is InChI=1S/C15H24N2O/c1-12(16-2)15-5-3-4-10-17(15)11-13-6-8-14(18)9-7-13/h6-9,12,15-16,18H,3-5,10-11H2,1-2H3. The van der Waals surface area contributed by atoms with Crippen LogP contribution in [-0.4, -0.2) is 35.7 Å². The quantitative estimate of drug-likeness (QED) is 0.858. The zero-order valence-electron chi connectivity index (χ0n) is 11.4. The summed E-state index contributed by atoms with van der Waals surface area (Å²) in [6, 6.07) is 8.74. The van der Waals surface area contributed by atoms with Crippen LogP contribution in [0.25, 0.3) is 0 Å². The van der Waals surface area contributed by atoms with Gasteiger partial charge in [-0.2, -0.15) is 0 Å². The zero-order chi connectivity index (χ0) is 13.0. The van der Waals surface area contributed by atoms with E-state index in [1.807, 2.05) is 19.2 Å². The number of hydrogen-bond acceptors (Lipinski definition) is 3. The molecule has 1 aliphatic heterocycles. The van der Waals surface area contributed by atoms with E-state index in [0.29, 0.717) is 17.8 Å². The summed E-state index contributed by atoms with van der Waals surface area (Å²) in [7, 11) is 2.04. The summed E-state index contributed by atoms with van der Waals surface area (Å²) in [4.78, 5) is 2.57. The summed E-state index contributed by atoms with van der Waals surface area (Å²) in [6.07, 6.45) is 3.91. The van der Waals surface area contributed by atoms with Crippen molar-refractivity contribution in [3.8, 4) is 5.75 Å². The average Bonchev–Trinajstić information content (AvgIpc) is 2.41. The predicted molar refractivity (Wildman–Crippen MR) is 74.7 cm³/mol. The Balaban J connectivity index is 2.03. The molecule has 1 aromatic rings. The minimum absolute atomic E-state index is 0.345. The van der Waals surface area contributed by atoms with Crippen molar-refractivity contribution in [2.45, 2.75) is 44.8 Å². The average molecular weight is 248 g/mol. The summed E-state index contributed by atoms with van der Waals surface area (Å²) in [5.41, 5.74) is 1.28. The third-order valence-electron chi connectivity index (χ3n) is 4.02. The van der Waals surface area contributed by atoms with Gasteiger partial charge in [-0.3, -0.25) is 4.90 Å². The first-order valence-corrected chi connectivity index (χ1v) is 6.90. The fourth-order valence-electron chi connectivity index (χ4n) is 2.81. The van der Waals surface area contributed by atoms with E-state index in [9.17, 15) is 5.11 Å². The highest BCUT2D eigenvalue weighted by atomic mass is 16.3. The van der Waals surface area contributed by atoms with Gasteiger partial charge in [-0.1, -0.05) is 18.6 Å². The van der Waals surface area contributed by atoms with Crippen molar-refractivity contribution in [1.29, 1.82) is 0 Å². The first-order chi connectivity index (χ1) is 8.70. The molecule has 3 nitrogen and oxygen atoms in total. The third-order valence-corrected chi connectivity index (χ3v) is 4.02. The minimum Gasteiger partial charge on any atom is -0.508 e. The Morgan fingerprint density at radius 2 is 2.06 bits per heavy atom. The summed E-state index contributed by atoms with van der Waals surface area (Å²) >= 11 is 0. The molecule has 0 saturated carbocycles. The number of aromatic hydroxyl groups is 1. The van der Waals surface area contributed by atoms with Crippen molar-refractivity contribution in [3.63, 3.8) is 0 Å². The highest BCUT2D eigenvalue weighted by Crippen LogP contribution is 2.22. The number of likely N-dealkylation sites (N-methyl/N-ethyl adjacent to an activating group) is 1. The van der Waals surface area contributed by atoms with Crippen LogP contribution in [0.2, 0.25) is 0 Å². The topological polar surface area (TPSA) is 35.5 Å². The highest BCUT2D eigenvalue weighted by molar-refractivity contribution is 5.25. The first-order valence-electron chi connectivity index (χ1n) is 6.90. The van der Waals surface area contributed by atoms with E-state index in [4.69, 9.17) is 0 Å². The lowest BCUT2D eigenvalue weighted by Crippen LogP contribution is -2.49. The molecule has 1 aliphatic rings. The Hall–Kier alpha value is -1.06. The minimum atomic E-state index is 0.345. The molecule has 0 aromatic heterocycles. The Kier molecular flexibility index (Phi) is 4.61. The van der Waals surface area contributed by atoms with Crippen LogP contribution in [-0.2, 0) is 6.54 Å². The molecule has 2 rings (SSSR count). The van der Waals surface area contributed by atoms with Gasteiger partial charge in [0.1, 0.15) is 5.75 Å². The number of nitrogens with one attached hydrogen (secondary N) is 1. The van der Waals surface area contributed by atoms with Gasteiger partial charge >= 0.3 is 0 Å². The lowest BCUT2D eigenvalue weighted by molar-refractivity contribution is 0.114. The number of piperidine rings is 1. The van der Waals surface area contributed by atoms with Crippen LogP contribution in [0.1, 0.15) is 31.7 Å². The van der Waals surface area contributed by atoms with Gasteiger partial charge in [-0.15, -0.1) is 0 Å². The smallest absolute Gasteiger partial charge is 0.115 e. The van der Waals surface area contributed by atoms with Crippen molar-refractivity contribution in [2.75, 3.05) is 13.6 Å². The summed E-state index contributed by atoms with van der Waals surface area (Å²) < 4.78 is 0. The van der Waals surface area contributed by atoms with Gasteiger partial charge in [-0.25, -0.2) is 0 Å². The second-order valence-electron chi connectivity index (χ2n) is 5.28. The fourth-order valence-corrected chi connectivity index (χ4v) is 2.81. The van der Waals surface area contributed by atoms with Crippen LogP contribution in [0.5, 0.6) is 5.75 Å². The van der Waals surface area contributed by atoms with E-state index >= 15 is 0 Å². The lowest BCUT2D eigenvalue weighted by atomic mass is 9.96. The number of hydrogen-bond donors (Lipinski definition) is 2. The van der Waals surface area contributed by atoms with E-state index in [1.54, 1.807) is 12.1 Å². The molecule has 0 aliphatic carbocycles. The number of rotatable bonds is 4. The van der Waals surface area contributed by atoms with Crippen LogP contribution in [0.15, 0.2) is 24.3 Å². The molecule has 0 spiro atoms. The lowest BCUT2D eigenvalue weighted by Gasteiger charge is -2.39. The molecule has 18 heavy (non-hydrogen) atoms. The van der Waals surface area contributed by atoms with E-state index < -0.39 is 0 Å². The van der Waals surface area contributed by atoms with Gasteiger partial charge in [0.05, 0.1) is 0 Å². The second-order valence-corrected chi connectivity index (χ2v) is 5.28. The van der Waals surface area contributed by atoms with Crippen LogP contribution in [0.4, 0.5) is 0 Å². The highest BCUT2D eigenvalue weighted by Gasteiger charge is 2.26. The molecule has 1 heterocycles. The first kappa shape index (κ1) is 13.4. The van der Waals surface area contributed by atoms with Crippen LogP contribution < -0.4 is 5.32 Å². The third kappa shape index (κ3) is 3.24. The molecule has 1 aromatic carbocycles. The molecule has 3 heteroatoms. The monoisotopic (exact) mass is 248 g/mol. The molecule has 0 bridgehead atoms. The maximum absolute atomic E-state index is 9.32. The molecule has 100 valence electrons. The van der Waals surface area contributed by atoms with Gasteiger partial charge in [0, 0.05) is 18.6 Å². The molecular formula is C15H24N2O. The molecule has 2 unspecified atom stereocenters. The van der Waals surface area contributed by atoms with Gasteiger partial charge in [0.2, 0.25) is 0 Å². The Bertz CT molecular complexity index is 363. The van der Waals surface area contributed by atoms with Crippen molar-refractivity contribution in [1.82, 2.24) is 10.2 Å². The van der Waals surface area contributed by atoms with Gasteiger partial charge in [0.15, 0.2) is 0 Å². The number of phenols is 1. The predicted octanol–water partition coefficient (Wildman–Crippen LogP) is 2.35. The molecular weight excluding hydrogens is 224 g/mol. The molecule has 2 atom stereocenters. The van der Waals surface area contributed by atoms with E-state index in [-0.39, 0.29) is 0 Å². The van der Waals surface area contributed by atoms with Crippen LogP contribution in [0, 0.1) is 0 Å². The number of nitrogens with zero attached hydrogens (tertiary/aromatic N) is 1. The Morgan fingerprint density at radius 3 is 2.72 bits per heavy atom. The fraction of sp³-hybridized carbons (Fsp3) is 0.600. The SMILES string of the molecule is CNC(C)C1CCCCN1Cc1ccc(O)cc1. The summed E-state index contributed by atoms with van der Waals surface area (Å²) in [5, 5.41) is 12.7. The Morgan fingerprint density at radius 1 is 1.33 bits per heavy atom. The van der Waals surface area contributed by atoms with Crippen molar-refractivity contribution in [2.24, 2.45) is 0 Å². The van der Waals surface area contributed by atoms with Gasteiger partial charge in [-0.05, 0) is 51.1 Å². The van der Waals surface area contributed by atoms with Gasteiger partial charge in [0.25, 0.3) is 0 Å². The van der Waals surface area contributed by atoms with Crippen LogP contribution >= 0.6 is 0 Å². The summed E-state index contributed by atoms with van der Waals surface area (Å²) in [5.74, 6) is 0.345. The molecule has 1 saturated heterocycles. The molecule has 0 amide bonds. The van der Waals surface area contributed by atoms with Crippen molar-refractivity contribution < 1.29 is 5.11 Å². The number of phenolic OH excluding ortho intramolecular Hbond substituents is 1. The van der Waals surface area contributed by atoms with E-state index in [2.05, 4.69) is 17.1 Å². The van der Waals surface area contributed by atoms with Crippen molar-refractivity contribution in [3.05, 3.63) is 29.8 Å². The number of likely N-dealkylation sites (tertiary alicyclic amines) is 1. The number of benzene rings is 1. The van der Waals surface area contributed by atoms with E-state index in [0.717, 1.165) is 6.54 Å². The van der Waals surface area contributed by atoms with Gasteiger partial charge < -0.3 is 10.4 Å². The largest absolute Gasteiger partial charge is 0.508 e. The van der Waals surface area contributed by atoms with Crippen LogP contribution in [0.3, 0.4) is 0 Å². The maximum atomic E-state index is 9.32. The second kappa shape index (κ2) is 6.21. The Labute approximate surface area is 110 Å². The zero-order valence-corrected chi connectivity index (χ0v) is 11.4.